The van der Waals surface area contributed by atoms with E-state index >= 15 is 0 Å². The van der Waals surface area contributed by atoms with Gasteiger partial charge in [0.05, 0.1) is 12.7 Å². The van der Waals surface area contributed by atoms with Crippen molar-refractivity contribution in [2.24, 2.45) is 11.8 Å². The number of carbonyl (C=O) groups is 1. The van der Waals surface area contributed by atoms with Gasteiger partial charge < -0.3 is 18.3 Å². The molecular weight excluding hydrogens is 611 g/mol. The van der Waals surface area contributed by atoms with Gasteiger partial charge >= 0.3 is 5.97 Å². The van der Waals surface area contributed by atoms with Crippen molar-refractivity contribution in [3.8, 4) is 17.2 Å². The predicted octanol–water partition coefficient (Wildman–Crippen LogP) is 8.50. The van der Waals surface area contributed by atoms with E-state index in [1.807, 2.05) is 0 Å². The Morgan fingerprint density at radius 3 is 1.83 bits per heavy atom. The second-order valence-corrected chi connectivity index (χ2v) is 16.8. The third kappa shape index (κ3) is 7.20. The molecule has 0 aliphatic carbocycles. The first-order valence-corrected chi connectivity index (χ1v) is 17.6. The summed E-state index contributed by atoms with van der Waals surface area (Å²) in [5, 5.41) is 0.0986. The minimum absolute atomic E-state index is 0.0390. The molecule has 35 heavy (non-hydrogen) atoms. The van der Waals surface area contributed by atoms with Crippen LogP contribution in [0.2, 0.25) is 28.2 Å². The monoisotopic (exact) mass is 652 g/mol. The highest BCUT2D eigenvalue weighted by atomic mass is 127. The van der Waals surface area contributed by atoms with Crippen LogP contribution in [0, 0.1) is 11.8 Å². The summed E-state index contributed by atoms with van der Waals surface area (Å²) in [6, 6.07) is 0. The summed E-state index contributed by atoms with van der Waals surface area (Å²) in [5.74, 6) is 1.62. The van der Waals surface area contributed by atoms with Crippen LogP contribution < -0.4 is 13.6 Å². The van der Waals surface area contributed by atoms with Crippen LogP contribution in [-0.4, -0.2) is 37.8 Å². The van der Waals surface area contributed by atoms with Crippen LogP contribution in [0.25, 0.3) is 0 Å². The van der Waals surface area contributed by atoms with Crippen LogP contribution in [0.3, 0.4) is 0 Å². The highest BCUT2D eigenvalue weighted by Gasteiger charge is 2.40. The molecule has 0 aliphatic heterocycles. The predicted molar refractivity (Wildman–Crippen MR) is 158 cm³/mol. The van der Waals surface area contributed by atoms with Gasteiger partial charge in [-0.25, -0.2) is 4.79 Å². The van der Waals surface area contributed by atoms with Crippen molar-refractivity contribution in [3.05, 3.63) is 28.8 Å². The maximum Gasteiger partial charge on any atom is 0.340 e. The zero-order valence-corrected chi connectivity index (χ0v) is 28.1. The fourth-order valence-corrected chi connectivity index (χ4v) is 7.26. The highest BCUT2D eigenvalue weighted by molar-refractivity contribution is 14.1. The van der Waals surface area contributed by atoms with Gasteiger partial charge in [-0.15, -0.1) is 0 Å². The molecule has 1 aromatic carbocycles. The first kappa shape index (κ1) is 32.3. The Labute approximate surface area is 234 Å². The van der Waals surface area contributed by atoms with Crippen LogP contribution in [0.5, 0.6) is 17.2 Å². The first-order chi connectivity index (χ1) is 16.1. The van der Waals surface area contributed by atoms with E-state index in [4.69, 9.17) is 29.9 Å². The van der Waals surface area contributed by atoms with Crippen molar-refractivity contribution >= 4 is 58.2 Å². The second kappa shape index (κ2) is 13.2. The van der Waals surface area contributed by atoms with Gasteiger partial charge in [-0.2, -0.15) is 0 Å². The lowest BCUT2D eigenvalue weighted by Gasteiger charge is -2.37. The maximum absolute atomic E-state index is 13.1. The average molecular weight is 653 g/mol. The van der Waals surface area contributed by atoms with Crippen molar-refractivity contribution in [3.63, 3.8) is 0 Å². The lowest BCUT2D eigenvalue weighted by atomic mass is 9.99. The molecule has 198 valence electrons. The summed E-state index contributed by atoms with van der Waals surface area (Å²) in [4.78, 5) is 13.1. The molecule has 1 rings (SSSR count). The van der Waals surface area contributed by atoms with Crippen LogP contribution in [0.1, 0.15) is 71.3 Å². The molecule has 0 heterocycles. The van der Waals surface area contributed by atoms with Crippen molar-refractivity contribution in [1.29, 1.82) is 0 Å². The number of hydrogen-bond donors (Lipinski definition) is 0. The number of methoxy groups -OCH3 is 1. The Bertz CT molecular complexity index is 902. The Morgan fingerprint density at radius 2 is 1.46 bits per heavy atom. The lowest BCUT2D eigenvalue weighted by molar-refractivity contribution is 0.0548. The van der Waals surface area contributed by atoms with Crippen molar-refractivity contribution in [2.45, 2.75) is 83.0 Å². The molecule has 0 bridgehead atoms. The SMILES string of the molecule is C=CCOC(=O)c1c(Cl)c(OC)c(O[Si](C)C(C)(C)C(C)C)c(O[Si](C)C(C)(C)C(C)C)c1CI. The van der Waals surface area contributed by atoms with Gasteiger partial charge in [-0.05, 0) is 35.0 Å². The van der Waals surface area contributed by atoms with Crippen molar-refractivity contribution < 1.29 is 23.1 Å². The van der Waals surface area contributed by atoms with Gasteiger partial charge in [-0.1, -0.05) is 102 Å². The third-order valence-corrected chi connectivity index (χ3v) is 14.4. The summed E-state index contributed by atoms with van der Waals surface area (Å²) < 4.78 is 25.1. The molecule has 0 aromatic heterocycles. The minimum atomic E-state index is -1.39. The van der Waals surface area contributed by atoms with Gasteiger partial charge in [0, 0.05) is 9.99 Å². The maximum atomic E-state index is 13.1. The molecule has 0 unspecified atom stereocenters. The molecule has 2 radical (unpaired) electrons. The molecule has 0 amide bonds. The van der Waals surface area contributed by atoms with E-state index in [-0.39, 0.29) is 27.3 Å². The van der Waals surface area contributed by atoms with E-state index in [0.717, 1.165) is 0 Å². The van der Waals surface area contributed by atoms with E-state index in [9.17, 15) is 4.79 Å². The number of halogens is 2. The molecular formula is C26H42ClIO5Si2. The zero-order chi connectivity index (χ0) is 27.3. The summed E-state index contributed by atoms with van der Waals surface area (Å²) in [5.41, 5.74) is 0.925. The van der Waals surface area contributed by atoms with Crippen LogP contribution in [0.15, 0.2) is 12.7 Å². The summed E-state index contributed by atoms with van der Waals surface area (Å²) in [6.45, 7) is 25.7. The molecule has 0 saturated heterocycles. The van der Waals surface area contributed by atoms with Gasteiger partial charge in [0.25, 0.3) is 18.1 Å². The fourth-order valence-electron chi connectivity index (χ4n) is 3.01. The second-order valence-electron chi connectivity index (χ2n) is 10.4. The van der Waals surface area contributed by atoms with Gasteiger partial charge in [0.2, 0.25) is 0 Å². The first-order valence-electron chi connectivity index (χ1n) is 11.9. The zero-order valence-electron chi connectivity index (χ0n) is 23.2. The molecule has 9 heteroatoms. The number of esters is 1. The van der Waals surface area contributed by atoms with Crippen LogP contribution in [0.4, 0.5) is 0 Å². The molecule has 5 nitrogen and oxygen atoms in total. The molecule has 1 aromatic rings. The average Bonchev–Trinajstić information content (AvgIpc) is 2.78. The molecule has 0 atom stereocenters. The summed E-state index contributed by atoms with van der Waals surface area (Å²) in [6.07, 6.45) is 1.53. The number of ether oxygens (including phenoxy) is 2. The number of benzene rings is 1. The highest BCUT2D eigenvalue weighted by Crippen LogP contribution is 2.52. The van der Waals surface area contributed by atoms with Crippen molar-refractivity contribution in [1.82, 2.24) is 0 Å². The topological polar surface area (TPSA) is 54.0 Å². The van der Waals surface area contributed by atoms with Crippen LogP contribution in [-0.2, 0) is 9.16 Å². The molecule has 0 spiro atoms. The third-order valence-electron chi connectivity index (χ3n) is 7.49. The normalized spacial score (nSPS) is 12.5. The Balaban J connectivity index is 3.92. The molecule has 0 fully saturated rings. The Hall–Kier alpha value is -0.716. The number of hydrogen-bond acceptors (Lipinski definition) is 5. The van der Waals surface area contributed by atoms with E-state index in [1.54, 1.807) is 0 Å². The molecule has 0 aliphatic rings. The Kier molecular flexibility index (Phi) is 12.2. The summed E-state index contributed by atoms with van der Waals surface area (Å²) in [7, 11) is -1.24. The van der Waals surface area contributed by atoms with E-state index in [1.165, 1.54) is 13.2 Å². The van der Waals surface area contributed by atoms with Crippen LogP contribution >= 0.6 is 34.2 Å². The number of rotatable bonds is 13. The van der Waals surface area contributed by atoms with Gasteiger partial charge in [0.15, 0.2) is 17.2 Å². The standard InChI is InChI=1S/C26H42ClIO5Si2/c1-13-14-31-24(29)19-18(15-28)21(32-34(11)25(6,7)16(2)3)23(22(30-10)20(19)27)33-35(12)26(8,9)17(4)5/h13,16-17H,1,14-15H2,2-12H3. The minimum Gasteiger partial charge on any atom is -0.539 e. The molecule has 0 saturated carbocycles. The number of alkyl halides is 1. The van der Waals surface area contributed by atoms with Gasteiger partial charge in [-0.3, -0.25) is 0 Å². The number of carbonyl (C=O) groups excluding carboxylic acids is 1. The molecule has 0 N–H and O–H groups in total. The summed E-state index contributed by atoms with van der Waals surface area (Å²) >= 11 is 9.04. The fraction of sp³-hybridized carbons (Fsp3) is 0.654. The lowest BCUT2D eigenvalue weighted by Crippen LogP contribution is -2.37. The van der Waals surface area contributed by atoms with Gasteiger partial charge in [0.1, 0.15) is 11.6 Å². The largest absolute Gasteiger partial charge is 0.539 e. The van der Waals surface area contributed by atoms with E-state index in [0.29, 0.717) is 39.1 Å². The van der Waals surface area contributed by atoms with E-state index < -0.39 is 24.0 Å². The Morgan fingerprint density at radius 1 is 1.00 bits per heavy atom. The quantitative estimate of drug-likeness (QED) is 0.0703. The van der Waals surface area contributed by atoms with E-state index in [2.05, 4.69) is 97.7 Å². The smallest absolute Gasteiger partial charge is 0.340 e. The van der Waals surface area contributed by atoms with Crippen molar-refractivity contribution in [2.75, 3.05) is 13.7 Å².